The zero-order valence-electron chi connectivity index (χ0n) is 16.4. The Morgan fingerprint density at radius 2 is 1.97 bits per heavy atom. The van der Waals surface area contributed by atoms with Crippen LogP contribution in [0, 0.1) is 0 Å². The van der Waals surface area contributed by atoms with Crippen LogP contribution in [-0.2, 0) is 17.8 Å². The second-order valence-corrected chi connectivity index (χ2v) is 8.19. The third kappa shape index (κ3) is 4.45. The van der Waals surface area contributed by atoms with Crippen molar-refractivity contribution in [1.29, 1.82) is 0 Å². The highest BCUT2D eigenvalue weighted by atomic mass is 35.5. The molecule has 0 unspecified atom stereocenters. The second kappa shape index (κ2) is 8.95. The number of hydrogen-bond donors (Lipinski definition) is 1. The molecule has 0 aliphatic carbocycles. The maximum absolute atomic E-state index is 12.7. The number of nitrogens with zero attached hydrogens (tertiary/aromatic N) is 4. The molecular formula is C21H26ClN5O2. The van der Waals surface area contributed by atoms with Gasteiger partial charge in [-0.2, -0.15) is 0 Å². The first-order valence-electron chi connectivity index (χ1n) is 10.4. The first-order chi connectivity index (χ1) is 14.1. The van der Waals surface area contributed by atoms with Crippen LogP contribution in [0.4, 0.5) is 0 Å². The van der Waals surface area contributed by atoms with Gasteiger partial charge in [-0.05, 0) is 37.8 Å². The Morgan fingerprint density at radius 1 is 1.10 bits per heavy atom. The number of aromatic nitrogens is 3. The fourth-order valence-electron chi connectivity index (χ4n) is 4.23. The molecule has 1 atom stereocenters. The molecule has 154 valence electrons. The molecule has 1 saturated heterocycles. The Labute approximate surface area is 175 Å². The van der Waals surface area contributed by atoms with Crippen LogP contribution < -0.4 is 5.32 Å². The van der Waals surface area contributed by atoms with Crippen LogP contribution in [0.1, 0.15) is 60.0 Å². The van der Waals surface area contributed by atoms with Crippen molar-refractivity contribution >= 4 is 23.4 Å². The van der Waals surface area contributed by atoms with Gasteiger partial charge in [-0.1, -0.05) is 30.2 Å². The molecule has 4 rings (SSSR count). The molecule has 3 heterocycles. The van der Waals surface area contributed by atoms with Gasteiger partial charge >= 0.3 is 0 Å². The van der Waals surface area contributed by atoms with Gasteiger partial charge in [0, 0.05) is 32.0 Å². The number of rotatable bonds is 4. The van der Waals surface area contributed by atoms with E-state index in [4.69, 9.17) is 11.6 Å². The molecule has 29 heavy (non-hydrogen) atoms. The lowest BCUT2D eigenvalue weighted by atomic mass is 9.97. The van der Waals surface area contributed by atoms with E-state index in [2.05, 4.69) is 20.1 Å². The quantitative estimate of drug-likeness (QED) is 0.832. The SMILES string of the molecule is O=C(NCC(=O)N1CCC[C@@H](c2nnc3n2CCCCC3)C1)c1ccccc1Cl. The van der Waals surface area contributed by atoms with E-state index >= 15 is 0 Å². The number of benzene rings is 1. The van der Waals surface area contributed by atoms with E-state index in [-0.39, 0.29) is 24.3 Å². The summed E-state index contributed by atoms with van der Waals surface area (Å²) in [6.45, 7) is 2.27. The molecule has 7 nitrogen and oxygen atoms in total. The summed E-state index contributed by atoms with van der Waals surface area (Å²) in [6, 6.07) is 6.83. The number of nitrogens with one attached hydrogen (secondary N) is 1. The molecule has 1 aromatic heterocycles. The number of carbonyl (C=O) groups excluding carboxylic acids is 2. The van der Waals surface area contributed by atoms with Crippen molar-refractivity contribution in [3.05, 3.63) is 46.5 Å². The maximum Gasteiger partial charge on any atom is 0.253 e. The minimum atomic E-state index is -0.333. The van der Waals surface area contributed by atoms with Crippen LogP contribution in [0.2, 0.25) is 5.02 Å². The molecule has 8 heteroatoms. The molecule has 2 aromatic rings. The van der Waals surface area contributed by atoms with Gasteiger partial charge in [0.05, 0.1) is 17.1 Å². The van der Waals surface area contributed by atoms with Crippen LogP contribution in [-0.4, -0.2) is 51.1 Å². The summed E-state index contributed by atoms with van der Waals surface area (Å²) in [7, 11) is 0. The molecule has 0 spiro atoms. The summed E-state index contributed by atoms with van der Waals surface area (Å²) in [5, 5.41) is 11.9. The normalized spacial score (nSPS) is 19.3. The smallest absolute Gasteiger partial charge is 0.253 e. The highest BCUT2D eigenvalue weighted by molar-refractivity contribution is 6.33. The van der Waals surface area contributed by atoms with Crippen LogP contribution >= 0.6 is 11.6 Å². The fourth-order valence-corrected chi connectivity index (χ4v) is 4.45. The monoisotopic (exact) mass is 415 g/mol. The third-order valence-electron chi connectivity index (χ3n) is 5.80. The lowest BCUT2D eigenvalue weighted by Gasteiger charge is -2.32. The molecule has 1 fully saturated rings. The molecule has 2 aliphatic heterocycles. The summed E-state index contributed by atoms with van der Waals surface area (Å²) in [6.07, 6.45) is 6.46. The standard InChI is InChI=1S/C21H26ClN5O2/c22-17-9-4-3-8-16(17)21(29)23-13-19(28)26-11-6-7-15(14-26)20-25-24-18-10-2-1-5-12-27(18)20/h3-4,8-9,15H,1-2,5-7,10-14H2,(H,23,29)/t15-/m1/s1. The third-order valence-corrected chi connectivity index (χ3v) is 6.13. The van der Waals surface area contributed by atoms with Crippen LogP contribution in [0.25, 0.3) is 0 Å². The van der Waals surface area contributed by atoms with Crippen molar-refractivity contribution in [2.75, 3.05) is 19.6 Å². The van der Waals surface area contributed by atoms with Gasteiger partial charge < -0.3 is 14.8 Å². The predicted octanol–water partition coefficient (Wildman–Crippen LogP) is 2.79. The molecule has 1 aromatic carbocycles. The number of aryl methyl sites for hydroxylation is 1. The molecule has 0 bridgehead atoms. The molecule has 0 radical (unpaired) electrons. The average Bonchev–Trinajstić information content (AvgIpc) is 3.00. The van der Waals surface area contributed by atoms with Crippen LogP contribution in [0.15, 0.2) is 24.3 Å². The number of hydrogen-bond acceptors (Lipinski definition) is 4. The summed E-state index contributed by atoms with van der Waals surface area (Å²) in [5.41, 5.74) is 0.379. The number of piperidine rings is 1. The molecule has 2 amide bonds. The topological polar surface area (TPSA) is 80.1 Å². The van der Waals surface area contributed by atoms with Crippen LogP contribution in [0.3, 0.4) is 0 Å². The number of fused-ring (bicyclic) bond motifs is 1. The highest BCUT2D eigenvalue weighted by Gasteiger charge is 2.29. The van der Waals surface area contributed by atoms with Gasteiger partial charge in [0.15, 0.2) is 0 Å². The van der Waals surface area contributed by atoms with Crippen molar-refractivity contribution in [3.8, 4) is 0 Å². The van der Waals surface area contributed by atoms with Crippen molar-refractivity contribution in [2.45, 2.75) is 51.0 Å². The fraction of sp³-hybridized carbons (Fsp3) is 0.524. The average molecular weight is 416 g/mol. The van der Waals surface area contributed by atoms with E-state index in [0.29, 0.717) is 23.7 Å². The van der Waals surface area contributed by atoms with E-state index < -0.39 is 0 Å². The van der Waals surface area contributed by atoms with Crippen molar-refractivity contribution in [1.82, 2.24) is 25.0 Å². The Hall–Kier alpha value is -2.41. The summed E-state index contributed by atoms with van der Waals surface area (Å²) in [5.74, 6) is 1.88. The highest BCUT2D eigenvalue weighted by Crippen LogP contribution is 2.28. The van der Waals surface area contributed by atoms with Crippen molar-refractivity contribution in [3.63, 3.8) is 0 Å². The Balaban J connectivity index is 1.37. The van der Waals surface area contributed by atoms with Gasteiger partial charge in [0.1, 0.15) is 11.6 Å². The number of carbonyl (C=O) groups is 2. The van der Waals surface area contributed by atoms with E-state index in [9.17, 15) is 9.59 Å². The summed E-state index contributed by atoms with van der Waals surface area (Å²) < 4.78 is 2.27. The number of halogens is 1. The predicted molar refractivity (Wildman–Crippen MR) is 110 cm³/mol. The van der Waals surface area contributed by atoms with Crippen LogP contribution in [0.5, 0.6) is 0 Å². The summed E-state index contributed by atoms with van der Waals surface area (Å²) >= 11 is 6.06. The van der Waals surface area contributed by atoms with E-state index in [1.54, 1.807) is 24.3 Å². The molecule has 0 saturated carbocycles. The lowest BCUT2D eigenvalue weighted by molar-refractivity contribution is -0.131. The van der Waals surface area contributed by atoms with Crippen molar-refractivity contribution < 1.29 is 9.59 Å². The number of likely N-dealkylation sites (tertiary alicyclic amines) is 1. The van der Waals surface area contributed by atoms with Gasteiger partial charge in [0.25, 0.3) is 5.91 Å². The second-order valence-electron chi connectivity index (χ2n) is 7.78. The van der Waals surface area contributed by atoms with Gasteiger partial charge in [-0.15, -0.1) is 10.2 Å². The number of amides is 2. The Morgan fingerprint density at radius 3 is 2.83 bits per heavy atom. The van der Waals surface area contributed by atoms with Crippen molar-refractivity contribution in [2.24, 2.45) is 0 Å². The first kappa shape index (κ1) is 19.9. The van der Waals surface area contributed by atoms with E-state index in [0.717, 1.165) is 43.9 Å². The van der Waals surface area contributed by atoms with Gasteiger partial charge in [-0.3, -0.25) is 9.59 Å². The van der Waals surface area contributed by atoms with Gasteiger partial charge in [0.2, 0.25) is 5.91 Å². The molecule has 2 aliphatic rings. The molecule has 1 N–H and O–H groups in total. The zero-order chi connectivity index (χ0) is 20.2. The Kier molecular flexibility index (Phi) is 6.13. The lowest BCUT2D eigenvalue weighted by Crippen LogP contribution is -2.45. The van der Waals surface area contributed by atoms with Gasteiger partial charge in [-0.25, -0.2) is 0 Å². The minimum absolute atomic E-state index is 0.0330. The largest absolute Gasteiger partial charge is 0.343 e. The first-order valence-corrected chi connectivity index (χ1v) is 10.7. The molecular weight excluding hydrogens is 390 g/mol. The van der Waals surface area contributed by atoms with E-state index in [1.807, 2.05) is 4.90 Å². The van der Waals surface area contributed by atoms with E-state index in [1.165, 1.54) is 12.8 Å². The Bertz CT molecular complexity index is 897. The summed E-state index contributed by atoms with van der Waals surface area (Å²) in [4.78, 5) is 26.9. The maximum atomic E-state index is 12.7. The zero-order valence-corrected chi connectivity index (χ0v) is 17.2. The minimum Gasteiger partial charge on any atom is -0.343 e.